The molecule has 20 heavy (non-hydrogen) atoms. The summed E-state index contributed by atoms with van der Waals surface area (Å²) in [5.41, 5.74) is 8.14. The Morgan fingerprint density at radius 2 is 2.05 bits per heavy atom. The van der Waals surface area contributed by atoms with E-state index in [9.17, 15) is 4.79 Å². The van der Waals surface area contributed by atoms with Gasteiger partial charge in [-0.15, -0.1) is 11.3 Å². The van der Waals surface area contributed by atoms with Crippen molar-refractivity contribution in [1.82, 2.24) is 9.55 Å². The lowest BCUT2D eigenvalue weighted by Gasteiger charge is -2.26. The van der Waals surface area contributed by atoms with Gasteiger partial charge in [0.15, 0.2) is 5.13 Å². The largest absolute Gasteiger partial charge is 0.375 e. The van der Waals surface area contributed by atoms with Crippen LogP contribution in [0.1, 0.15) is 43.8 Å². The molecule has 0 unspecified atom stereocenters. The number of nitrogen functional groups attached to an aromatic ring is 1. The van der Waals surface area contributed by atoms with Gasteiger partial charge in [0.1, 0.15) is 0 Å². The highest BCUT2D eigenvalue weighted by Crippen LogP contribution is 2.29. The predicted molar refractivity (Wildman–Crippen MR) is 83.1 cm³/mol. The number of aryl methyl sites for hydroxylation is 1. The molecule has 2 aromatic rings. The molecule has 0 spiro atoms. The lowest BCUT2D eigenvalue weighted by molar-refractivity contribution is 0.342. The van der Waals surface area contributed by atoms with Gasteiger partial charge in [-0.25, -0.2) is 4.98 Å². The van der Waals surface area contributed by atoms with Gasteiger partial charge < -0.3 is 10.3 Å². The van der Waals surface area contributed by atoms with E-state index in [1.807, 2.05) is 29.0 Å². The molecule has 1 aliphatic rings. The zero-order chi connectivity index (χ0) is 14.1. The maximum absolute atomic E-state index is 12.8. The standard InChI is InChI=1S/C15H19N3OS/c1-10-7-8-12(13-9-20-15(16)17-13)14(19)18(10)11-5-3-2-4-6-11/h7-9,11H,2-6H2,1H3,(H2,16,17). The van der Waals surface area contributed by atoms with Crippen molar-refractivity contribution < 1.29 is 0 Å². The number of aromatic nitrogens is 2. The Morgan fingerprint density at radius 3 is 2.70 bits per heavy atom. The van der Waals surface area contributed by atoms with Crippen LogP contribution in [-0.4, -0.2) is 9.55 Å². The Labute approximate surface area is 122 Å². The summed E-state index contributed by atoms with van der Waals surface area (Å²) in [4.78, 5) is 17.0. The first-order valence-corrected chi connectivity index (χ1v) is 7.98. The quantitative estimate of drug-likeness (QED) is 0.922. The number of rotatable bonds is 2. The average Bonchev–Trinajstić information content (AvgIpc) is 2.86. The molecular formula is C15H19N3OS. The lowest BCUT2D eigenvalue weighted by Crippen LogP contribution is -2.29. The Morgan fingerprint density at radius 1 is 1.30 bits per heavy atom. The zero-order valence-electron chi connectivity index (χ0n) is 11.6. The third kappa shape index (κ3) is 2.38. The van der Waals surface area contributed by atoms with Gasteiger partial charge in [0.2, 0.25) is 0 Å². The highest BCUT2D eigenvalue weighted by Gasteiger charge is 2.20. The van der Waals surface area contributed by atoms with Gasteiger partial charge in [-0.05, 0) is 31.9 Å². The molecular weight excluding hydrogens is 270 g/mol. The molecule has 2 N–H and O–H groups in total. The van der Waals surface area contributed by atoms with Crippen molar-refractivity contribution >= 4 is 16.5 Å². The van der Waals surface area contributed by atoms with E-state index in [1.165, 1.54) is 30.6 Å². The summed E-state index contributed by atoms with van der Waals surface area (Å²) in [6.45, 7) is 2.01. The molecule has 0 radical (unpaired) electrons. The van der Waals surface area contributed by atoms with E-state index in [0.29, 0.717) is 22.4 Å². The molecule has 106 valence electrons. The summed E-state index contributed by atoms with van der Waals surface area (Å²) in [6, 6.07) is 4.22. The molecule has 0 atom stereocenters. The number of hydrogen-bond acceptors (Lipinski definition) is 4. The van der Waals surface area contributed by atoms with E-state index in [4.69, 9.17) is 5.73 Å². The Bertz CT molecular complexity index is 668. The van der Waals surface area contributed by atoms with Crippen LogP contribution in [0, 0.1) is 6.92 Å². The third-order valence-corrected chi connectivity index (χ3v) is 4.73. The molecule has 2 heterocycles. The van der Waals surface area contributed by atoms with E-state index < -0.39 is 0 Å². The fourth-order valence-electron chi connectivity index (χ4n) is 3.04. The van der Waals surface area contributed by atoms with Crippen molar-refractivity contribution in [3.63, 3.8) is 0 Å². The molecule has 0 aliphatic heterocycles. The second-order valence-electron chi connectivity index (χ2n) is 5.43. The first kappa shape index (κ1) is 13.4. The molecule has 0 bridgehead atoms. The number of hydrogen-bond donors (Lipinski definition) is 1. The van der Waals surface area contributed by atoms with Crippen molar-refractivity contribution in [2.24, 2.45) is 0 Å². The fourth-order valence-corrected chi connectivity index (χ4v) is 3.61. The molecule has 1 saturated carbocycles. The number of nitrogens with two attached hydrogens (primary N) is 1. The van der Waals surface area contributed by atoms with E-state index >= 15 is 0 Å². The normalized spacial score (nSPS) is 16.4. The van der Waals surface area contributed by atoms with Crippen LogP contribution in [0.15, 0.2) is 22.3 Å². The predicted octanol–water partition coefficient (Wildman–Crippen LogP) is 3.37. The topological polar surface area (TPSA) is 60.9 Å². The summed E-state index contributed by atoms with van der Waals surface area (Å²) >= 11 is 1.37. The second kappa shape index (κ2) is 5.40. The molecule has 5 heteroatoms. The Hall–Kier alpha value is -1.62. The van der Waals surface area contributed by atoms with Gasteiger partial charge in [0.05, 0.1) is 11.3 Å². The molecule has 1 fully saturated rings. The minimum absolute atomic E-state index is 0.0715. The maximum atomic E-state index is 12.8. The molecule has 4 nitrogen and oxygen atoms in total. The second-order valence-corrected chi connectivity index (χ2v) is 6.32. The first-order chi connectivity index (χ1) is 9.66. The van der Waals surface area contributed by atoms with Gasteiger partial charge in [-0.3, -0.25) is 4.79 Å². The Kier molecular flexibility index (Phi) is 3.61. The molecule has 2 aromatic heterocycles. The number of nitrogens with zero attached hydrogens (tertiary/aromatic N) is 2. The molecule has 0 saturated heterocycles. The van der Waals surface area contributed by atoms with E-state index in [0.717, 1.165) is 18.5 Å². The lowest BCUT2D eigenvalue weighted by atomic mass is 9.94. The van der Waals surface area contributed by atoms with Crippen LogP contribution < -0.4 is 11.3 Å². The van der Waals surface area contributed by atoms with Crippen molar-refractivity contribution in [2.75, 3.05) is 5.73 Å². The van der Waals surface area contributed by atoms with Crippen LogP contribution >= 0.6 is 11.3 Å². The number of thiazole rings is 1. The van der Waals surface area contributed by atoms with E-state index in [1.54, 1.807) is 0 Å². The van der Waals surface area contributed by atoms with Gasteiger partial charge in [0.25, 0.3) is 5.56 Å². The van der Waals surface area contributed by atoms with Crippen LogP contribution in [0.25, 0.3) is 11.3 Å². The van der Waals surface area contributed by atoms with Crippen LogP contribution in [0.4, 0.5) is 5.13 Å². The summed E-state index contributed by atoms with van der Waals surface area (Å²) in [7, 11) is 0. The molecule has 0 aromatic carbocycles. The summed E-state index contributed by atoms with van der Waals surface area (Å²) in [6.07, 6.45) is 5.91. The third-order valence-electron chi connectivity index (χ3n) is 4.06. The minimum atomic E-state index is 0.0715. The summed E-state index contributed by atoms with van der Waals surface area (Å²) < 4.78 is 1.96. The van der Waals surface area contributed by atoms with E-state index in [-0.39, 0.29) is 5.56 Å². The average molecular weight is 289 g/mol. The minimum Gasteiger partial charge on any atom is -0.375 e. The smallest absolute Gasteiger partial charge is 0.260 e. The monoisotopic (exact) mass is 289 g/mol. The van der Waals surface area contributed by atoms with Gasteiger partial charge in [-0.2, -0.15) is 0 Å². The van der Waals surface area contributed by atoms with Crippen molar-refractivity contribution in [1.29, 1.82) is 0 Å². The van der Waals surface area contributed by atoms with Crippen molar-refractivity contribution in [2.45, 2.75) is 45.1 Å². The van der Waals surface area contributed by atoms with Gasteiger partial charge in [-0.1, -0.05) is 19.3 Å². The van der Waals surface area contributed by atoms with Gasteiger partial charge >= 0.3 is 0 Å². The van der Waals surface area contributed by atoms with Crippen molar-refractivity contribution in [3.8, 4) is 11.3 Å². The molecule has 3 rings (SSSR count). The van der Waals surface area contributed by atoms with Crippen LogP contribution in [0.2, 0.25) is 0 Å². The number of pyridine rings is 1. The van der Waals surface area contributed by atoms with Crippen molar-refractivity contribution in [3.05, 3.63) is 33.6 Å². The highest BCUT2D eigenvalue weighted by molar-refractivity contribution is 7.13. The molecule has 0 amide bonds. The fraction of sp³-hybridized carbons (Fsp3) is 0.467. The van der Waals surface area contributed by atoms with Crippen LogP contribution in [0.5, 0.6) is 0 Å². The Balaban J connectivity index is 2.08. The number of anilines is 1. The van der Waals surface area contributed by atoms with E-state index in [2.05, 4.69) is 4.98 Å². The molecule has 1 aliphatic carbocycles. The summed E-state index contributed by atoms with van der Waals surface area (Å²) in [5, 5.41) is 2.36. The SMILES string of the molecule is Cc1ccc(-c2csc(N)n2)c(=O)n1C1CCCCC1. The van der Waals surface area contributed by atoms with Gasteiger partial charge in [0, 0.05) is 17.1 Å². The van der Waals surface area contributed by atoms with Crippen LogP contribution in [-0.2, 0) is 0 Å². The zero-order valence-corrected chi connectivity index (χ0v) is 12.4. The maximum Gasteiger partial charge on any atom is 0.260 e. The first-order valence-electron chi connectivity index (χ1n) is 7.10. The van der Waals surface area contributed by atoms with Crippen LogP contribution in [0.3, 0.4) is 0 Å². The summed E-state index contributed by atoms with van der Waals surface area (Å²) in [5.74, 6) is 0. The highest BCUT2D eigenvalue weighted by atomic mass is 32.1.